The fourth-order valence-corrected chi connectivity index (χ4v) is 8.97. The van der Waals surface area contributed by atoms with E-state index in [9.17, 15) is 24.6 Å². The molecule has 2 unspecified atom stereocenters. The van der Waals surface area contributed by atoms with E-state index in [-0.39, 0.29) is 30.2 Å². The molecule has 0 saturated carbocycles. The molecule has 0 aromatic heterocycles. The Labute approximate surface area is 227 Å². The number of carbonyl (C=O) groups is 3. The van der Waals surface area contributed by atoms with Gasteiger partial charge in [0.05, 0.1) is 29.2 Å². The first-order chi connectivity index (χ1) is 18.2. The van der Waals surface area contributed by atoms with Crippen molar-refractivity contribution in [1.29, 1.82) is 0 Å². The van der Waals surface area contributed by atoms with Gasteiger partial charge in [-0.15, -0.1) is 18.3 Å². The summed E-state index contributed by atoms with van der Waals surface area (Å²) in [7, 11) is 0. The average molecular weight is 535 g/mol. The molecule has 2 aromatic carbocycles. The molecule has 3 fully saturated rings. The molecule has 2 amide bonds. The lowest BCUT2D eigenvalue weighted by Crippen LogP contribution is -2.58. The molecule has 6 atom stereocenters. The van der Waals surface area contributed by atoms with Gasteiger partial charge in [-0.25, -0.2) is 0 Å². The topological polar surface area (TPSA) is 98.2 Å². The summed E-state index contributed by atoms with van der Waals surface area (Å²) >= 11 is 1.50. The lowest BCUT2D eigenvalue weighted by molar-refractivity contribution is -0.149. The molecule has 3 aliphatic heterocycles. The van der Waals surface area contributed by atoms with Gasteiger partial charge in [0.2, 0.25) is 5.91 Å². The summed E-state index contributed by atoms with van der Waals surface area (Å²) in [4.78, 5) is 44.5. The average Bonchev–Trinajstić information content (AvgIpc) is 3.55. The number of nitrogens with zero attached hydrogens (tertiary/aromatic N) is 2. The number of carbonyl (C=O) groups excluding carboxylic acids is 2. The SMILES string of the molecule is C=CCN(C(=O)C1N([C@@H](CO)Cc2ccccc2)C(=O)[C@@H]2[C@@H](C(=O)O)[C@H]3CCC12S3)c1cc(C)ccc1C. The van der Waals surface area contributed by atoms with Crippen molar-refractivity contribution in [2.45, 2.75) is 55.2 Å². The Hall–Kier alpha value is -3.10. The zero-order valence-electron chi connectivity index (χ0n) is 21.7. The smallest absolute Gasteiger partial charge is 0.308 e. The highest BCUT2D eigenvalue weighted by atomic mass is 32.2. The van der Waals surface area contributed by atoms with E-state index in [0.29, 0.717) is 19.3 Å². The van der Waals surface area contributed by atoms with E-state index in [0.717, 1.165) is 22.4 Å². The Morgan fingerprint density at radius 1 is 1.24 bits per heavy atom. The van der Waals surface area contributed by atoms with Crippen molar-refractivity contribution < 1.29 is 24.6 Å². The first-order valence-electron chi connectivity index (χ1n) is 13.1. The van der Waals surface area contributed by atoms with Crippen molar-refractivity contribution >= 4 is 35.2 Å². The van der Waals surface area contributed by atoms with E-state index in [1.165, 1.54) is 11.8 Å². The summed E-state index contributed by atoms with van der Waals surface area (Å²) in [5.41, 5.74) is 3.61. The van der Waals surface area contributed by atoms with Gasteiger partial charge in [-0.1, -0.05) is 48.5 Å². The number of likely N-dealkylation sites (tertiary alicyclic amines) is 1. The zero-order chi connectivity index (χ0) is 27.2. The van der Waals surface area contributed by atoms with Crippen LogP contribution in [0.4, 0.5) is 5.69 Å². The molecule has 5 rings (SSSR count). The predicted octanol–water partition coefficient (Wildman–Crippen LogP) is 3.60. The number of aliphatic hydroxyl groups is 1. The Morgan fingerprint density at radius 2 is 1.97 bits per heavy atom. The van der Waals surface area contributed by atoms with E-state index in [1.807, 2.05) is 62.4 Å². The molecule has 2 aromatic rings. The van der Waals surface area contributed by atoms with Gasteiger partial charge in [-0.2, -0.15) is 0 Å². The van der Waals surface area contributed by atoms with Gasteiger partial charge in [-0.3, -0.25) is 14.4 Å². The van der Waals surface area contributed by atoms with Gasteiger partial charge in [-0.05, 0) is 55.9 Å². The second-order valence-electron chi connectivity index (χ2n) is 10.7. The lowest BCUT2D eigenvalue weighted by atomic mass is 9.71. The van der Waals surface area contributed by atoms with Crippen LogP contribution in [0.15, 0.2) is 61.2 Å². The Kier molecular flexibility index (Phi) is 7.13. The van der Waals surface area contributed by atoms with Gasteiger partial charge in [0.25, 0.3) is 5.91 Å². The van der Waals surface area contributed by atoms with E-state index in [1.54, 1.807) is 15.9 Å². The molecule has 3 saturated heterocycles. The summed E-state index contributed by atoms with van der Waals surface area (Å²) in [5, 5.41) is 20.5. The highest BCUT2D eigenvalue weighted by Gasteiger charge is 2.74. The van der Waals surface area contributed by atoms with Crippen LogP contribution in [0.25, 0.3) is 0 Å². The number of benzene rings is 2. The fourth-order valence-electron chi connectivity index (χ4n) is 6.78. The number of aliphatic hydroxyl groups excluding tert-OH is 1. The van der Waals surface area contributed by atoms with Gasteiger partial charge < -0.3 is 20.0 Å². The molecule has 2 N–H and O–H groups in total. The molecule has 8 heteroatoms. The summed E-state index contributed by atoms with van der Waals surface area (Å²) < 4.78 is -0.844. The maximum atomic E-state index is 14.7. The van der Waals surface area contributed by atoms with Crippen molar-refractivity contribution in [1.82, 2.24) is 4.90 Å². The van der Waals surface area contributed by atoms with Crippen LogP contribution < -0.4 is 4.90 Å². The molecular weight excluding hydrogens is 500 g/mol. The molecular formula is C30H34N2O5S. The van der Waals surface area contributed by atoms with E-state index >= 15 is 0 Å². The molecule has 1 spiro atoms. The number of aliphatic carboxylic acids is 1. The van der Waals surface area contributed by atoms with Crippen LogP contribution in [0.3, 0.4) is 0 Å². The number of thioether (sulfide) groups is 1. The zero-order valence-corrected chi connectivity index (χ0v) is 22.6. The van der Waals surface area contributed by atoms with Crippen LogP contribution >= 0.6 is 11.8 Å². The standard InChI is InChI=1S/C30H34N2O5S/c1-4-14-31(22-15-18(2)10-11-19(22)3)28(35)26-30-13-12-23(38-30)24(29(36)37)25(30)27(34)32(26)21(17-33)16-20-8-6-5-7-9-20/h4-11,15,21,23-26,33H,1,12-14,16-17H2,2-3H3,(H,36,37)/t21-,23-,24+,25+,26?,30?/m1/s1. The number of fused-ring (bicyclic) bond motifs is 1. The largest absolute Gasteiger partial charge is 0.481 e. The first-order valence-corrected chi connectivity index (χ1v) is 14.0. The molecule has 0 aliphatic carbocycles. The van der Waals surface area contributed by atoms with Crippen molar-refractivity contribution in [3.05, 3.63) is 77.9 Å². The number of amides is 2. The Balaban J connectivity index is 1.63. The van der Waals surface area contributed by atoms with Crippen molar-refractivity contribution in [2.24, 2.45) is 11.8 Å². The summed E-state index contributed by atoms with van der Waals surface area (Å²) in [6.07, 6.45) is 3.28. The second kappa shape index (κ2) is 10.2. The normalized spacial score (nSPS) is 28.3. The monoisotopic (exact) mass is 534 g/mol. The lowest BCUT2D eigenvalue weighted by Gasteiger charge is -2.40. The van der Waals surface area contributed by atoms with Crippen molar-refractivity contribution in [2.75, 3.05) is 18.1 Å². The number of carboxylic acids is 1. The Bertz CT molecular complexity index is 1270. The third kappa shape index (κ3) is 4.14. The van der Waals surface area contributed by atoms with E-state index in [2.05, 4.69) is 6.58 Å². The number of aryl methyl sites for hydroxylation is 2. The minimum Gasteiger partial charge on any atom is -0.481 e. The fraction of sp³-hybridized carbons (Fsp3) is 0.433. The van der Waals surface area contributed by atoms with E-state index < -0.39 is 34.6 Å². The predicted molar refractivity (Wildman–Crippen MR) is 148 cm³/mol. The van der Waals surface area contributed by atoms with Crippen molar-refractivity contribution in [3.63, 3.8) is 0 Å². The summed E-state index contributed by atoms with van der Waals surface area (Å²) in [6, 6.07) is 13.9. The van der Waals surface area contributed by atoms with Gasteiger partial charge in [0, 0.05) is 17.5 Å². The van der Waals surface area contributed by atoms with Crippen LogP contribution in [0.5, 0.6) is 0 Å². The van der Waals surface area contributed by atoms with Crippen LogP contribution in [0.2, 0.25) is 0 Å². The Morgan fingerprint density at radius 3 is 2.63 bits per heavy atom. The molecule has 0 radical (unpaired) electrons. The number of carboxylic acid groups (broad SMARTS) is 1. The van der Waals surface area contributed by atoms with Gasteiger partial charge in [0.1, 0.15) is 6.04 Å². The molecule has 3 aliphatic rings. The minimum absolute atomic E-state index is 0.200. The number of anilines is 1. The molecule has 200 valence electrons. The summed E-state index contributed by atoms with van der Waals surface area (Å²) in [5.74, 6) is -3.21. The van der Waals surface area contributed by atoms with E-state index in [4.69, 9.17) is 0 Å². The van der Waals surface area contributed by atoms with Crippen molar-refractivity contribution in [3.8, 4) is 0 Å². The number of hydrogen-bond acceptors (Lipinski definition) is 5. The molecule has 7 nitrogen and oxygen atoms in total. The first kappa shape index (κ1) is 26.5. The molecule has 2 bridgehead atoms. The van der Waals surface area contributed by atoms with Crippen LogP contribution in [0, 0.1) is 25.7 Å². The quantitative estimate of drug-likeness (QED) is 0.477. The highest BCUT2D eigenvalue weighted by Crippen LogP contribution is 2.66. The van der Waals surface area contributed by atoms with Gasteiger partial charge >= 0.3 is 5.97 Å². The molecule has 38 heavy (non-hydrogen) atoms. The third-order valence-corrected chi connectivity index (χ3v) is 10.4. The van der Waals surface area contributed by atoms with Crippen LogP contribution in [-0.2, 0) is 20.8 Å². The van der Waals surface area contributed by atoms with Gasteiger partial charge in [0.15, 0.2) is 0 Å². The third-order valence-electron chi connectivity index (χ3n) is 8.41. The minimum atomic E-state index is -0.989. The number of hydrogen-bond donors (Lipinski definition) is 2. The van der Waals surface area contributed by atoms with Crippen LogP contribution in [0.1, 0.15) is 29.5 Å². The highest BCUT2D eigenvalue weighted by molar-refractivity contribution is 8.02. The maximum Gasteiger partial charge on any atom is 0.308 e. The second-order valence-corrected chi connectivity index (χ2v) is 12.3. The van der Waals surface area contributed by atoms with Crippen LogP contribution in [-0.4, -0.2) is 68.1 Å². The summed E-state index contributed by atoms with van der Waals surface area (Å²) in [6.45, 7) is 7.71. The maximum absolute atomic E-state index is 14.7. The number of rotatable bonds is 9. The molecule has 3 heterocycles.